The van der Waals surface area contributed by atoms with Crippen molar-refractivity contribution in [2.45, 2.75) is 29.6 Å². The fourth-order valence-corrected chi connectivity index (χ4v) is 4.87. The molecule has 1 aliphatic heterocycles. The van der Waals surface area contributed by atoms with Gasteiger partial charge >= 0.3 is 0 Å². The molecule has 1 aromatic heterocycles. The molecular formula is C11H16BrN3S2. The second-order valence-electron chi connectivity index (χ2n) is 4.04. The van der Waals surface area contributed by atoms with Crippen LogP contribution in [0.3, 0.4) is 0 Å². The summed E-state index contributed by atoms with van der Waals surface area (Å²) in [6.07, 6.45) is 1.84. The van der Waals surface area contributed by atoms with Gasteiger partial charge in [-0.2, -0.15) is 11.8 Å². The summed E-state index contributed by atoms with van der Waals surface area (Å²) < 4.78 is 0.915. The van der Waals surface area contributed by atoms with Crippen LogP contribution in [-0.2, 0) is 0 Å². The van der Waals surface area contributed by atoms with E-state index < -0.39 is 0 Å². The molecule has 1 aromatic rings. The first-order chi connectivity index (χ1) is 8.11. The number of hydrogen-bond donors (Lipinski definition) is 1. The molecule has 0 aliphatic carbocycles. The second-order valence-corrected chi connectivity index (χ2v) is 7.89. The Morgan fingerprint density at radius 3 is 2.82 bits per heavy atom. The molecule has 0 bridgehead atoms. The van der Waals surface area contributed by atoms with Crippen molar-refractivity contribution in [2.24, 2.45) is 0 Å². The molecule has 94 valence electrons. The van der Waals surface area contributed by atoms with E-state index in [4.69, 9.17) is 0 Å². The van der Waals surface area contributed by atoms with Crippen molar-refractivity contribution >= 4 is 45.3 Å². The molecule has 0 saturated carbocycles. The van der Waals surface area contributed by atoms with E-state index in [1.807, 2.05) is 36.8 Å². The van der Waals surface area contributed by atoms with Crippen LogP contribution in [0, 0.1) is 0 Å². The highest BCUT2D eigenvalue weighted by molar-refractivity contribution is 9.10. The summed E-state index contributed by atoms with van der Waals surface area (Å²) in [5, 5.41) is 4.86. The lowest BCUT2D eigenvalue weighted by molar-refractivity contribution is 0.858. The summed E-state index contributed by atoms with van der Waals surface area (Å²) in [6.45, 7) is 4.58. The summed E-state index contributed by atoms with van der Waals surface area (Å²) in [7, 11) is 1.88. The number of halogens is 1. The number of anilines is 1. The van der Waals surface area contributed by atoms with Gasteiger partial charge in [0.2, 0.25) is 0 Å². The van der Waals surface area contributed by atoms with E-state index >= 15 is 0 Å². The minimum Gasteiger partial charge on any atom is -0.372 e. The Balaban J connectivity index is 2.17. The molecule has 0 radical (unpaired) electrons. The molecule has 3 unspecified atom stereocenters. The maximum absolute atomic E-state index is 4.57. The van der Waals surface area contributed by atoms with Crippen LogP contribution >= 0.6 is 39.5 Å². The van der Waals surface area contributed by atoms with Gasteiger partial charge in [0.1, 0.15) is 11.6 Å². The highest BCUT2D eigenvalue weighted by Crippen LogP contribution is 2.43. The molecule has 6 heteroatoms. The number of nitrogens with one attached hydrogen (secondary N) is 1. The molecule has 1 saturated heterocycles. The van der Waals surface area contributed by atoms with Crippen molar-refractivity contribution in [1.82, 2.24) is 9.97 Å². The lowest BCUT2D eigenvalue weighted by Crippen LogP contribution is -2.23. The molecule has 17 heavy (non-hydrogen) atoms. The number of hydrogen-bond acceptors (Lipinski definition) is 5. The normalized spacial score (nSPS) is 29.1. The van der Waals surface area contributed by atoms with Crippen molar-refractivity contribution in [3.05, 3.63) is 16.5 Å². The maximum Gasteiger partial charge on any atom is 0.144 e. The molecule has 0 spiro atoms. The SMILES string of the molecule is CNc1nc(C2CSC(C)C(C)S2)ncc1Br. The van der Waals surface area contributed by atoms with Crippen LogP contribution in [-0.4, -0.2) is 33.3 Å². The molecule has 1 fully saturated rings. The second kappa shape index (κ2) is 5.80. The molecule has 1 N–H and O–H groups in total. The van der Waals surface area contributed by atoms with E-state index in [-0.39, 0.29) is 0 Å². The zero-order valence-electron chi connectivity index (χ0n) is 10.1. The Bertz CT molecular complexity index is 402. The Morgan fingerprint density at radius 1 is 1.41 bits per heavy atom. The van der Waals surface area contributed by atoms with Gasteiger partial charge in [-0.15, -0.1) is 11.8 Å². The third-order valence-electron chi connectivity index (χ3n) is 2.84. The average Bonchev–Trinajstić information content (AvgIpc) is 2.33. The predicted molar refractivity (Wildman–Crippen MR) is 81.0 cm³/mol. The molecule has 0 amide bonds. The highest BCUT2D eigenvalue weighted by Gasteiger charge is 2.28. The average molecular weight is 334 g/mol. The van der Waals surface area contributed by atoms with Crippen molar-refractivity contribution in [3.8, 4) is 0 Å². The Morgan fingerprint density at radius 2 is 2.18 bits per heavy atom. The topological polar surface area (TPSA) is 37.8 Å². The van der Waals surface area contributed by atoms with Gasteiger partial charge in [-0.25, -0.2) is 9.97 Å². The summed E-state index contributed by atoms with van der Waals surface area (Å²) in [5.41, 5.74) is 0. The van der Waals surface area contributed by atoms with Gasteiger partial charge in [-0.3, -0.25) is 0 Å². The van der Waals surface area contributed by atoms with Crippen LogP contribution in [0.25, 0.3) is 0 Å². The zero-order chi connectivity index (χ0) is 12.4. The third kappa shape index (κ3) is 3.09. The first-order valence-electron chi connectivity index (χ1n) is 5.59. The van der Waals surface area contributed by atoms with Crippen LogP contribution in [0.5, 0.6) is 0 Å². The lowest BCUT2D eigenvalue weighted by Gasteiger charge is -2.30. The molecular weight excluding hydrogens is 318 g/mol. The number of rotatable bonds is 2. The van der Waals surface area contributed by atoms with Gasteiger partial charge in [0.25, 0.3) is 0 Å². The lowest BCUT2D eigenvalue weighted by atomic mass is 10.3. The predicted octanol–water partition coefficient (Wildman–Crippen LogP) is 3.58. The van der Waals surface area contributed by atoms with Gasteiger partial charge in [0.05, 0.1) is 9.72 Å². The van der Waals surface area contributed by atoms with Gasteiger partial charge in [-0.05, 0) is 15.9 Å². The molecule has 3 atom stereocenters. The van der Waals surface area contributed by atoms with Crippen LogP contribution in [0.1, 0.15) is 24.9 Å². The smallest absolute Gasteiger partial charge is 0.144 e. The van der Waals surface area contributed by atoms with Crippen molar-refractivity contribution < 1.29 is 0 Å². The van der Waals surface area contributed by atoms with Crippen LogP contribution < -0.4 is 5.32 Å². The minimum atomic E-state index is 0.409. The first-order valence-corrected chi connectivity index (χ1v) is 8.37. The van der Waals surface area contributed by atoms with Crippen LogP contribution in [0.15, 0.2) is 10.7 Å². The monoisotopic (exact) mass is 333 g/mol. The molecule has 2 heterocycles. The first kappa shape index (κ1) is 13.5. The van der Waals surface area contributed by atoms with E-state index in [1.54, 1.807) is 0 Å². The quantitative estimate of drug-likeness (QED) is 0.895. The van der Waals surface area contributed by atoms with Crippen LogP contribution in [0.4, 0.5) is 5.82 Å². The number of nitrogens with zero attached hydrogens (tertiary/aromatic N) is 2. The van der Waals surface area contributed by atoms with Gasteiger partial charge in [-0.1, -0.05) is 13.8 Å². The summed E-state index contributed by atoms with van der Waals surface area (Å²) in [6, 6.07) is 0. The van der Waals surface area contributed by atoms with Crippen LogP contribution in [0.2, 0.25) is 0 Å². The largest absolute Gasteiger partial charge is 0.372 e. The molecule has 0 aromatic carbocycles. The van der Waals surface area contributed by atoms with Crippen molar-refractivity contribution in [1.29, 1.82) is 0 Å². The van der Waals surface area contributed by atoms with Gasteiger partial charge in [0, 0.05) is 29.5 Å². The van der Waals surface area contributed by atoms with Gasteiger partial charge < -0.3 is 5.32 Å². The molecule has 1 aliphatic rings. The zero-order valence-corrected chi connectivity index (χ0v) is 13.3. The van der Waals surface area contributed by atoms with E-state index in [2.05, 4.69) is 45.1 Å². The molecule has 3 nitrogen and oxygen atoms in total. The standard InChI is InChI=1S/C11H16BrN3S2/c1-6-7(2)17-9(5-16-6)11-14-4-8(12)10(13-3)15-11/h4,6-7,9H,5H2,1-3H3,(H,13,14,15). The molecule has 2 rings (SSSR count). The fourth-order valence-electron chi connectivity index (χ4n) is 1.63. The highest BCUT2D eigenvalue weighted by atomic mass is 79.9. The Hall–Kier alpha value is 0.0600. The summed E-state index contributed by atoms with van der Waals surface area (Å²) in [4.78, 5) is 9.01. The van der Waals surface area contributed by atoms with Gasteiger partial charge in [0.15, 0.2) is 0 Å². The Labute approximate surface area is 119 Å². The summed E-state index contributed by atoms with van der Waals surface area (Å²) >= 11 is 7.43. The van der Waals surface area contributed by atoms with Crippen molar-refractivity contribution in [2.75, 3.05) is 18.1 Å². The van der Waals surface area contributed by atoms with E-state index in [0.717, 1.165) is 27.1 Å². The number of aromatic nitrogens is 2. The van der Waals surface area contributed by atoms with E-state index in [9.17, 15) is 0 Å². The fraction of sp³-hybridized carbons (Fsp3) is 0.636. The number of thioether (sulfide) groups is 2. The van der Waals surface area contributed by atoms with E-state index in [1.165, 1.54) is 0 Å². The summed E-state index contributed by atoms with van der Waals surface area (Å²) in [5.74, 6) is 2.90. The third-order valence-corrected chi connectivity index (χ3v) is 6.80. The van der Waals surface area contributed by atoms with E-state index in [0.29, 0.717) is 10.5 Å². The Kier molecular flexibility index (Phi) is 4.60. The maximum atomic E-state index is 4.57. The minimum absolute atomic E-state index is 0.409. The van der Waals surface area contributed by atoms with Crippen molar-refractivity contribution in [3.63, 3.8) is 0 Å².